The van der Waals surface area contributed by atoms with Crippen molar-refractivity contribution in [2.45, 2.75) is 12.0 Å². The molecule has 5 nitrogen and oxygen atoms in total. The first-order chi connectivity index (χ1) is 14.5. The number of ether oxygens (including phenoxy) is 1. The summed E-state index contributed by atoms with van der Waals surface area (Å²) in [4.78, 5) is 27.3. The van der Waals surface area contributed by atoms with Crippen LogP contribution in [0.25, 0.3) is 0 Å². The Labute approximate surface area is 173 Å². The number of ketones is 1. The van der Waals surface area contributed by atoms with Gasteiger partial charge in [0.05, 0.1) is 18.7 Å². The molecular weight excluding hydrogens is 385 g/mol. The van der Waals surface area contributed by atoms with Crippen LogP contribution in [0.5, 0.6) is 5.75 Å². The van der Waals surface area contributed by atoms with Gasteiger partial charge in [0.2, 0.25) is 0 Å². The van der Waals surface area contributed by atoms with Crippen LogP contribution in [0.3, 0.4) is 0 Å². The molecule has 6 heteroatoms. The van der Waals surface area contributed by atoms with E-state index in [2.05, 4.69) is 0 Å². The summed E-state index contributed by atoms with van der Waals surface area (Å²) in [6.45, 7) is 0.448. The maximum Gasteiger partial charge on any atom is 0.264 e. The Morgan fingerprint density at radius 3 is 2.37 bits per heavy atom. The van der Waals surface area contributed by atoms with Crippen LogP contribution in [-0.2, 0) is 10.4 Å². The summed E-state index contributed by atoms with van der Waals surface area (Å²) < 4.78 is 18.8. The molecule has 30 heavy (non-hydrogen) atoms. The zero-order valence-corrected chi connectivity index (χ0v) is 16.1. The molecule has 0 saturated heterocycles. The van der Waals surface area contributed by atoms with E-state index in [1.54, 1.807) is 24.3 Å². The molecule has 0 saturated carbocycles. The van der Waals surface area contributed by atoms with E-state index in [0.717, 1.165) is 0 Å². The summed E-state index contributed by atoms with van der Waals surface area (Å²) >= 11 is 0. The second-order valence-corrected chi connectivity index (χ2v) is 7.10. The number of nitrogens with zero attached hydrogens (tertiary/aromatic N) is 1. The number of amides is 1. The highest BCUT2D eigenvalue weighted by molar-refractivity contribution is 6.10. The van der Waals surface area contributed by atoms with Crippen molar-refractivity contribution in [1.82, 2.24) is 0 Å². The summed E-state index contributed by atoms with van der Waals surface area (Å²) in [5, 5.41) is 11.3. The molecule has 1 amide bonds. The third kappa shape index (κ3) is 3.69. The van der Waals surface area contributed by atoms with Crippen LogP contribution in [0.1, 0.15) is 22.3 Å². The van der Waals surface area contributed by atoms with Gasteiger partial charge in [-0.2, -0.15) is 0 Å². The zero-order chi connectivity index (χ0) is 21.1. The highest BCUT2D eigenvalue weighted by Gasteiger charge is 2.50. The number of anilines is 1. The number of rotatable bonds is 7. The number of fused-ring (bicyclic) bond motifs is 1. The number of Topliss-reactive ketones (excluding diaryl/α,β-unsaturated/α-hetero) is 1. The lowest BCUT2D eigenvalue weighted by atomic mass is 9.88. The fourth-order valence-corrected chi connectivity index (χ4v) is 3.64. The van der Waals surface area contributed by atoms with Crippen molar-refractivity contribution >= 4 is 17.4 Å². The third-order valence-corrected chi connectivity index (χ3v) is 5.15. The first kappa shape index (κ1) is 19.8. The topological polar surface area (TPSA) is 66.8 Å². The maximum absolute atomic E-state index is 13.2. The molecule has 1 heterocycles. The molecule has 3 aromatic rings. The molecule has 1 aliphatic heterocycles. The number of hydrogen-bond acceptors (Lipinski definition) is 4. The minimum absolute atomic E-state index is 0.220. The van der Waals surface area contributed by atoms with E-state index in [1.165, 1.54) is 29.2 Å². The summed E-state index contributed by atoms with van der Waals surface area (Å²) in [5.74, 6) is -0.796. The van der Waals surface area contributed by atoms with Gasteiger partial charge in [0, 0.05) is 11.1 Å². The fraction of sp³-hybridized carbons (Fsp3) is 0.167. The SMILES string of the molecule is O=C(C[C@]1(O)C(=O)N(CCOc2ccccc2)c2ccccc21)c1ccc(F)cc1. The molecule has 0 unspecified atom stereocenters. The molecule has 0 fully saturated rings. The van der Waals surface area contributed by atoms with Crippen molar-refractivity contribution in [2.24, 2.45) is 0 Å². The summed E-state index contributed by atoms with van der Waals surface area (Å²) in [6, 6.07) is 21.1. The average Bonchev–Trinajstić information content (AvgIpc) is 2.97. The van der Waals surface area contributed by atoms with E-state index < -0.39 is 29.5 Å². The minimum Gasteiger partial charge on any atom is -0.492 e. The molecular formula is C24H20FNO4. The Kier molecular flexibility index (Phi) is 5.33. The van der Waals surface area contributed by atoms with Crippen LogP contribution in [-0.4, -0.2) is 29.9 Å². The van der Waals surface area contributed by atoms with Gasteiger partial charge in [0.15, 0.2) is 11.4 Å². The Hall–Kier alpha value is -3.51. The van der Waals surface area contributed by atoms with Crippen LogP contribution < -0.4 is 9.64 Å². The molecule has 0 radical (unpaired) electrons. The van der Waals surface area contributed by atoms with E-state index in [4.69, 9.17) is 4.74 Å². The Morgan fingerprint density at radius 2 is 1.63 bits per heavy atom. The van der Waals surface area contributed by atoms with Gasteiger partial charge in [-0.05, 0) is 42.5 Å². The smallest absolute Gasteiger partial charge is 0.264 e. The number of para-hydroxylation sites is 2. The van der Waals surface area contributed by atoms with Gasteiger partial charge < -0.3 is 14.7 Å². The molecule has 1 atom stereocenters. The van der Waals surface area contributed by atoms with E-state index in [9.17, 15) is 19.1 Å². The highest BCUT2D eigenvalue weighted by atomic mass is 19.1. The molecule has 1 N–H and O–H groups in total. The molecule has 4 rings (SSSR count). The summed E-state index contributed by atoms with van der Waals surface area (Å²) in [5.41, 5.74) is -0.811. The second kappa shape index (κ2) is 8.08. The predicted molar refractivity (Wildman–Crippen MR) is 110 cm³/mol. The van der Waals surface area contributed by atoms with E-state index in [-0.39, 0.29) is 18.7 Å². The number of hydrogen-bond donors (Lipinski definition) is 1. The van der Waals surface area contributed by atoms with Gasteiger partial charge in [-0.25, -0.2) is 4.39 Å². The first-order valence-electron chi connectivity index (χ1n) is 9.59. The molecule has 0 bridgehead atoms. The van der Waals surface area contributed by atoms with Crippen molar-refractivity contribution in [1.29, 1.82) is 0 Å². The molecule has 152 valence electrons. The van der Waals surface area contributed by atoms with E-state index in [1.807, 2.05) is 30.3 Å². The first-order valence-corrected chi connectivity index (χ1v) is 9.59. The fourth-order valence-electron chi connectivity index (χ4n) is 3.64. The van der Waals surface area contributed by atoms with Crippen LogP contribution in [0.15, 0.2) is 78.9 Å². The Morgan fingerprint density at radius 1 is 0.967 bits per heavy atom. The monoisotopic (exact) mass is 405 g/mol. The number of aliphatic hydroxyl groups is 1. The van der Waals surface area contributed by atoms with Crippen molar-refractivity contribution in [3.8, 4) is 5.75 Å². The number of carbonyl (C=O) groups is 2. The number of benzene rings is 3. The lowest BCUT2D eigenvalue weighted by molar-refractivity contribution is -0.135. The van der Waals surface area contributed by atoms with Crippen molar-refractivity contribution in [2.75, 3.05) is 18.1 Å². The number of carbonyl (C=O) groups excluding carboxylic acids is 2. The standard InChI is InChI=1S/C24H20FNO4/c25-18-12-10-17(11-13-18)22(27)16-24(29)20-8-4-5-9-21(20)26(23(24)28)14-15-30-19-6-2-1-3-7-19/h1-13,29H,14-16H2/t24-/m1/s1. The van der Waals surface area contributed by atoms with Crippen molar-refractivity contribution in [3.63, 3.8) is 0 Å². The Bertz CT molecular complexity index is 1070. The van der Waals surface area contributed by atoms with Crippen LogP contribution >= 0.6 is 0 Å². The largest absolute Gasteiger partial charge is 0.492 e. The summed E-state index contributed by atoms with van der Waals surface area (Å²) in [6.07, 6.45) is -0.426. The van der Waals surface area contributed by atoms with Gasteiger partial charge in [-0.1, -0.05) is 36.4 Å². The summed E-state index contributed by atoms with van der Waals surface area (Å²) in [7, 11) is 0. The van der Waals surface area contributed by atoms with Crippen LogP contribution in [0, 0.1) is 5.82 Å². The van der Waals surface area contributed by atoms with Crippen molar-refractivity contribution < 1.29 is 23.8 Å². The number of halogens is 1. The average molecular weight is 405 g/mol. The van der Waals surface area contributed by atoms with Gasteiger partial charge in [-0.3, -0.25) is 9.59 Å². The molecule has 0 aromatic heterocycles. The second-order valence-electron chi connectivity index (χ2n) is 7.10. The third-order valence-electron chi connectivity index (χ3n) is 5.15. The van der Waals surface area contributed by atoms with Gasteiger partial charge in [0.1, 0.15) is 18.2 Å². The lowest BCUT2D eigenvalue weighted by Crippen LogP contribution is -2.43. The van der Waals surface area contributed by atoms with E-state index in [0.29, 0.717) is 17.0 Å². The maximum atomic E-state index is 13.2. The Balaban J connectivity index is 1.54. The van der Waals surface area contributed by atoms with Crippen LogP contribution in [0.4, 0.5) is 10.1 Å². The molecule has 1 aliphatic rings. The predicted octanol–water partition coefficient (Wildman–Crippen LogP) is 3.71. The molecule has 0 aliphatic carbocycles. The van der Waals surface area contributed by atoms with Gasteiger partial charge in [-0.15, -0.1) is 0 Å². The van der Waals surface area contributed by atoms with Gasteiger partial charge in [0.25, 0.3) is 5.91 Å². The normalized spacial score (nSPS) is 17.7. The van der Waals surface area contributed by atoms with E-state index >= 15 is 0 Å². The zero-order valence-electron chi connectivity index (χ0n) is 16.1. The van der Waals surface area contributed by atoms with Crippen LogP contribution in [0.2, 0.25) is 0 Å². The quantitative estimate of drug-likeness (QED) is 0.609. The minimum atomic E-state index is -1.98. The lowest BCUT2D eigenvalue weighted by Gasteiger charge is -2.23. The highest BCUT2D eigenvalue weighted by Crippen LogP contribution is 2.42. The molecule has 0 spiro atoms. The molecule has 3 aromatic carbocycles. The van der Waals surface area contributed by atoms with Gasteiger partial charge >= 0.3 is 0 Å². The van der Waals surface area contributed by atoms with Crippen molar-refractivity contribution in [3.05, 3.63) is 95.8 Å².